The summed E-state index contributed by atoms with van der Waals surface area (Å²) in [5.74, 6) is 0.401. The molecule has 2 nitrogen and oxygen atoms in total. The lowest BCUT2D eigenvalue weighted by Gasteiger charge is -2.31. The minimum Gasteiger partial charge on any atom is -0.462 e. The number of carbonyl (C=O) groups excluding carboxylic acids is 1. The van der Waals surface area contributed by atoms with Crippen LogP contribution in [0.3, 0.4) is 0 Å². The van der Waals surface area contributed by atoms with Crippen molar-refractivity contribution in [2.45, 2.75) is 53.1 Å². The second-order valence-corrected chi connectivity index (χ2v) is 5.05. The van der Waals surface area contributed by atoms with Crippen LogP contribution in [0.2, 0.25) is 0 Å². The Morgan fingerprint density at radius 1 is 1.31 bits per heavy atom. The molecule has 2 atom stereocenters. The third kappa shape index (κ3) is 2.71. The van der Waals surface area contributed by atoms with Crippen LogP contribution in [-0.4, -0.2) is 12.1 Å². The van der Waals surface area contributed by atoms with Crippen LogP contribution in [0.25, 0.3) is 0 Å². The van der Waals surface area contributed by atoms with Gasteiger partial charge in [0.25, 0.3) is 0 Å². The number of hydrogen-bond donors (Lipinski definition) is 0. The lowest BCUT2D eigenvalue weighted by atomic mass is 9.78. The fourth-order valence-corrected chi connectivity index (χ4v) is 2.27. The summed E-state index contributed by atoms with van der Waals surface area (Å²) in [6.45, 7) is 8.16. The third-order valence-electron chi connectivity index (χ3n) is 2.88. The van der Waals surface area contributed by atoms with Gasteiger partial charge in [-0.25, -0.2) is 0 Å². The fraction of sp³-hybridized carbons (Fsp3) is 0.909. The van der Waals surface area contributed by atoms with Crippen molar-refractivity contribution in [1.82, 2.24) is 0 Å². The van der Waals surface area contributed by atoms with Crippen LogP contribution in [0.15, 0.2) is 0 Å². The van der Waals surface area contributed by atoms with Crippen molar-refractivity contribution >= 4 is 5.97 Å². The van der Waals surface area contributed by atoms with Crippen LogP contribution in [-0.2, 0) is 9.53 Å². The minimum absolute atomic E-state index is 0.138. The minimum atomic E-state index is -0.138. The van der Waals surface area contributed by atoms with E-state index in [0.717, 1.165) is 6.42 Å². The molecule has 0 saturated heterocycles. The van der Waals surface area contributed by atoms with Crippen LogP contribution in [0.1, 0.15) is 47.0 Å². The lowest BCUT2D eigenvalue weighted by Crippen LogP contribution is -2.30. The van der Waals surface area contributed by atoms with E-state index in [1.165, 1.54) is 19.8 Å². The highest BCUT2D eigenvalue weighted by Gasteiger charge is 2.37. The van der Waals surface area contributed by atoms with E-state index in [0.29, 0.717) is 5.92 Å². The quantitative estimate of drug-likeness (QED) is 0.586. The largest absolute Gasteiger partial charge is 0.462 e. The van der Waals surface area contributed by atoms with Crippen LogP contribution >= 0.6 is 0 Å². The van der Waals surface area contributed by atoms with Gasteiger partial charge in [0.1, 0.15) is 6.10 Å². The first-order valence-electron chi connectivity index (χ1n) is 5.08. The zero-order chi connectivity index (χ0) is 10.1. The molecule has 1 aliphatic carbocycles. The molecule has 0 aliphatic heterocycles. The second-order valence-electron chi connectivity index (χ2n) is 5.05. The standard InChI is InChI=1S/C11H20O2/c1-8(12)13-10-7-5-6-9(10)11(2,3)4/h9-10H,5-7H2,1-4H3. The Kier molecular flexibility index (Phi) is 2.99. The summed E-state index contributed by atoms with van der Waals surface area (Å²) >= 11 is 0. The summed E-state index contributed by atoms with van der Waals surface area (Å²) in [4.78, 5) is 10.9. The predicted molar refractivity (Wildman–Crippen MR) is 52.4 cm³/mol. The molecule has 1 fully saturated rings. The Balaban J connectivity index is 2.59. The summed E-state index contributed by atoms with van der Waals surface area (Å²) in [7, 11) is 0. The van der Waals surface area contributed by atoms with E-state index < -0.39 is 0 Å². The maximum Gasteiger partial charge on any atom is 0.302 e. The molecule has 76 valence electrons. The Morgan fingerprint density at radius 3 is 2.38 bits per heavy atom. The second kappa shape index (κ2) is 3.69. The first kappa shape index (κ1) is 10.6. The van der Waals surface area contributed by atoms with E-state index in [1.54, 1.807) is 0 Å². The predicted octanol–water partition coefficient (Wildman–Crippen LogP) is 2.76. The van der Waals surface area contributed by atoms with E-state index in [1.807, 2.05) is 0 Å². The SMILES string of the molecule is CC(=O)OC1CCCC1C(C)(C)C. The maximum atomic E-state index is 10.9. The molecule has 0 heterocycles. The Labute approximate surface area is 80.7 Å². The van der Waals surface area contributed by atoms with Gasteiger partial charge in [-0.15, -0.1) is 0 Å². The number of ether oxygens (including phenoxy) is 1. The van der Waals surface area contributed by atoms with Gasteiger partial charge >= 0.3 is 5.97 Å². The van der Waals surface area contributed by atoms with Gasteiger partial charge in [-0.3, -0.25) is 4.79 Å². The Morgan fingerprint density at radius 2 is 1.92 bits per heavy atom. The Bertz CT molecular complexity index is 191. The molecule has 0 N–H and O–H groups in total. The van der Waals surface area contributed by atoms with Crippen molar-refractivity contribution in [2.75, 3.05) is 0 Å². The van der Waals surface area contributed by atoms with Crippen molar-refractivity contribution < 1.29 is 9.53 Å². The van der Waals surface area contributed by atoms with Crippen molar-refractivity contribution in [2.24, 2.45) is 11.3 Å². The van der Waals surface area contributed by atoms with Crippen molar-refractivity contribution in [1.29, 1.82) is 0 Å². The van der Waals surface area contributed by atoms with Gasteiger partial charge in [0.15, 0.2) is 0 Å². The van der Waals surface area contributed by atoms with Crippen molar-refractivity contribution in [3.05, 3.63) is 0 Å². The molecule has 13 heavy (non-hydrogen) atoms. The third-order valence-corrected chi connectivity index (χ3v) is 2.88. The normalized spacial score (nSPS) is 28.9. The van der Waals surface area contributed by atoms with Crippen LogP contribution in [0, 0.1) is 11.3 Å². The fourth-order valence-electron chi connectivity index (χ4n) is 2.27. The maximum absolute atomic E-state index is 10.9. The zero-order valence-corrected chi connectivity index (χ0v) is 9.09. The molecule has 0 aromatic rings. The van der Waals surface area contributed by atoms with Gasteiger partial charge in [0, 0.05) is 12.8 Å². The average Bonchev–Trinajstić information content (AvgIpc) is 2.31. The monoisotopic (exact) mass is 184 g/mol. The van der Waals surface area contributed by atoms with E-state index in [2.05, 4.69) is 20.8 Å². The van der Waals surface area contributed by atoms with Crippen LogP contribution in [0.5, 0.6) is 0 Å². The molecule has 1 rings (SSSR count). The number of rotatable bonds is 1. The molecule has 2 unspecified atom stereocenters. The van der Waals surface area contributed by atoms with Gasteiger partial charge < -0.3 is 4.74 Å². The summed E-state index contributed by atoms with van der Waals surface area (Å²) in [5.41, 5.74) is 0.261. The lowest BCUT2D eigenvalue weighted by molar-refractivity contribution is -0.149. The van der Waals surface area contributed by atoms with Gasteiger partial charge in [0.2, 0.25) is 0 Å². The van der Waals surface area contributed by atoms with Gasteiger partial charge in [-0.2, -0.15) is 0 Å². The van der Waals surface area contributed by atoms with E-state index in [-0.39, 0.29) is 17.5 Å². The van der Waals surface area contributed by atoms with Crippen LogP contribution < -0.4 is 0 Å². The molecule has 0 amide bonds. The Hall–Kier alpha value is -0.530. The highest BCUT2D eigenvalue weighted by atomic mass is 16.5. The van der Waals surface area contributed by atoms with E-state index in [9.17, 15) is 4.79 Å². The summed E-state index contributed by atoms with van der Waals surface area (Å²) in [6, 6.07) is 0. The number of hydrogen-bond acceptors (Lipinski definition) is 2. The number of carbonyl (C=O) groups is 1. The van der Waals surface area contributed by atoms with Crippen LogP contribution in [0.4, 0.5) is 0 Å². The van der Waals surface area contributed by atoms with E-state index in [4.69, 9.17) is 4.74 Å². The van der Waals surface area contributed by atoms with E-state index >= 15 is 0 Å². The highest BCUT2D eigenvalue weighted by molar-refractivity contribution is 5.66. The first-order chi connectivity index (χ1) is 5.91. The number of esters is 1. The van der Waals surface area contributed by atoms with Crippen molar-refractivity contribution in [3.8, 4) is 0 Å². The molecule has 0 spiro atoms. The topological polar surface area (TPSA) is 26.3 Å². The summed E-state index contributed by atoms with van der Waals surface area (Å²) < 4.78 is 5.31. The first-order valence-corrected chi connectivity index (χ1v) is 5.08. The highest BCUT2D eigenvalue weighted by Crippen LogP contribution is 2.40. The molecular weight excluding hydrogens is 164 g/mol. The van der Waals surface area contributed by atoms with Gasteiger partial charge in [0.05, 0.1) is 0 Å². The molecule has 1 saturated carbocycles. The zero-order valence-electron chi connectivity index (χ0n) is 9.09. The molecule has 0 aromatic heterocycles. The summed E-state index contributed by atoms with van der Waals surface area (Å²) in [6.07, 6.45) is 3.60. The molecule has 0 radical (unpaired) electrons. The van der Waals surface area contributed by atoms with Gasteiger partial charge in [-0.05, 0) is 24.7 Å². The summed E-state index contributed by atoms with van der Waals surface area (Å²) in [5, 5.41) is 0. The smallest absolute Gasteiger partial charge is 0.302 e. The van der Waals surface area contributed by atoms with Gasteiger partial charge in [-0.1, -0.05) is 20.8 Å². The van der Waals surface area contributed by atoms with Crippen molar-refractivity contribution in [3.63, 3.8) is 0 Å². The molecule has 2 heteroatoms. The molecular formula is C11H20O2. The molecule has 0 aromatic carbocycles. The molecule has 1 aliphatic rings. The molecule has 0 bridgehead atoms. The average molecular weight is 184 g/mol.